The maximum absolute atomic E-state index is 12.9. The van der Waals surface area contributed by atoms with Gasteiger partial charge in [-0.2, -0.15) is 0 Å². The molecule has 2 amide bonds. The predicted octanol–water partition coefficient (Wildman–Crippen LogP) is 3.26. The Bertz CT molecular complexity index is 1080. The highest BCUT2D eigenvalue weighted by Crippen LogP contribution is 2.23. The van der Waals surface area contributed by atoms with E-state index in [-0.39, 0.29) is 28.7 Å². The number of benzene rings is 2. The van der Waals surface area contributed by atoms with E-state index in [4.69, 9.17) is 4.74 Å². The zero-order valence-electron chi connectivity index (χ0n) is 19.2. The molecule has 2 aromatic rings. The van der Waals surface area contributed by atoms with Crippen LogP contribution in [-0.2, 0) is 14.8 Å². The molecule has 33 heavy (non-hydrogen) atoms. The van der Waals surface area contributed by atoms with Gasteiger partial charge < -0.3 is 15.0 Å². The average molecular weight is 474 g/mol. The summed E-state index contributed by atoms with van der Waals surface area (Å²) in [5.41, 5.74) is 0.830. The van der Waals surface area contributed by atoms with Crippen LogP contribution in [0.1, 0.15) is 43.5 Å². The molecule has 178 valence electrons. The molecule has 0 aliphatic carbocycles. The van der Waals surface area contributed by atoms with Gasteiger partial charge in [-0.25, -0.2) is 8.42 Å². The van der Waals surface area contributed by atoms with Gasteiger partial charge in [-0.3, -0.25) is 14.3 Å². The second-order valence-electron chi connectivity index (χ2n) is 8.25. The van der Waals surface area contributed by atoms with E-state index in [1.807, 2.05) is 13.8 Å². The summed E-state index contributed by atoms with van der Waals surface area (Å²) in [7, 11) is -2.32. The lowest BCUT2D eigenvalue weighted by Gasteiger charge is -2.32. The Labute approximate surface area is 195 Å². The van der Waals surface area contributed by atoms with E-state index < -0.39 is 10.0 Å². The first kappa shape index (κ1) is 24.6. The molecule has 8 nitrogen and oxygen atoms in total. The van der Waals surface area contributed by atoms with E-state index in [2.05, 4.69) is 10.0 Å². The molecule has 1 aliphatic rings. The van der Waals surface area contributed by atoms with Gasteiger partial charge >= 0.3 is 0 Å². The molecule has 1 heterocycles. The molecule has 0 aromatic heterocycles. The van der Waals surface area contributed by atoms with Crippen molar-refractivity contribution in [2.75, 3.05) is 24.9 Å². The lowest BCUT2D eigenvalue weighted by molar-refractivity contribution is -0.126. The van der Waals surface area contributed by atoms with Crippen LogP contribution in [0.25, 0.3) is 0 Å². The Hall–Kier alpha value is -3.07. The summed E-state index contributed by atoms with van der Waals surface area (Å²) in [6.45, 7) is 5.04. The number of hydrogen-bond donors (Lipinski definition) is 2. The first-order valence-electron chi connectivity index (χ1n) is 11.1. The van der Waals surface area contributed by atoms with Crippen LogP contribution in [0.15, 0.2) is 53.4 Å². The molecule has 0 spiro atoms. The number of likely N-dealkylation sites (tertiary alicyclic amines) is 1. The molecular weight excluding hydrogens is 442 g/mol. The van der Waals surface area contributed by atoms with Crippen LogP contribution < -0.4 is 14.8 Å². The van der Waals surface area contributed by atoms with Crippen molar-refractivity contribution in [3.8, 4) is 5.75 Å². The smallest absolute Gasteiger partial charge is 0.262 e. The maximum atomic E-state index is 12.9. The average Bonchev–Trinajstić information content (AvgIpc) is 2.83. The van der Waals surface area contributed by atoms with Crippen molar-refractivity contribution in [1.82, 2.24) is 10.2 Å². The highest BCUT2D eigenvalue weighted by Gasteiger charge is 2.28. The summed E-state index contributed by atoms with van der Waals surface area (Å²) in [5.74, 6) is 0.304. The summed E-state index contributed by atoms with van der Waals surface area (Å²) < 4.78 is 32.9. The molecule has 1 fully saturated rings. The van der Waals surface area contributed by atoms with Crippen molar-refractivity contribution < 1.29 is 22.7 Å². The standard InChI is InChI=1S/C24H31N3O5S/c1-4-17(2)25-23(28)18-12-14-27(15-13-18)24(29)19-8-10-20(11-9-19)26-33(30,31)22-7-5-6-21(16-22)32-3/h5-11,16-18,26H,4,12-15H2,1-3H3,(H,25,28). The molecular formula is C24H31N3O5S. The van der Waals surface area contributed by atoms with Gasteiger partial charge in [0.1, 0.15) is 5.75 Å². The summed E-state index contributed by atoms with van der Waals surface area (Å²) in [6, 6.07) is 12.7. The fraction of sp³-hybridized carbons (Fsp3) is 0.417. The third kappa shape index (κ3) is 6.25. The Balaban J connectivity index is 1.59. The van der Waals surface area contributed by atoms with Gasteiger partial charge in [0.2, 0.25) is 5.91 Å². The number of anilines is 1. The number of carbonyl (C=O) groups is 2. The predicted molar refractivity (Wildman–Crippen MR) is 127 cm³/mol. The first-order valence-corrected chi connectivity index (χ1v) is 12.6. The number of carbonyl (C=O) groups excluding carboxylic acids is 2. The minimum absolute atomic E-state index is 0.0594. The minimum Gasteiger partial charge on any atom is -0.497 e. The van der Waals surface area contributed by atoms with E-state index in [0.29, 0.717) is 42.9 Å². The van der Waals surface area contributed by atoms with Crippen molar-refractivity contribution >= 4 is 27.5 Å². The molecule has 3 rings (SSSR count). The Morgan fingerprint density at radius 3 is 2.39 bits per heavy atom. The number of nitrogens with zero attached hydrogens (tertiary/aromatic N) is 1. The second kappa shape index (κ2) is 10.7. The van der Waals surface area contributed by atoms with Crippen molar-refractivity contribution in [3.05, 3.63) is 54.1 Å². The quantitative estimate of drug-likeness (QED) is 0.612. The van der Waals surface area contributed by atoms with Gasteiger partial charge in [-0.05, 0) is 62.6 Å². The van der Waals surface area contributed by atoms with Crippen molar-refractivity contribution in [3.63, 3.8) is 0 Å². The highest BCUT2D eigenvalue weighted by atomic mass is 32.2. The van der Waals surface area contributed by atoms with Crippen LogP contribution in [0.5, 0.6) is 5.75 Å². The lowest BCUT2D eigenvalue weighted by atomic mass is 9.95. The molecule has 2 aromatic carbocycles. The number of ether oxygens (including phenoxy) is 1. The molecule has 1 unspecified atom stereocenters. The summed E-state index contributed by atoms with van der Waals surface area (Å²) >= 11 is 0. The molecule has 0 saturated carbocycles. The second-order valence-corrected chi connectivity index (χ2v) is 9.93. The van der Waals surface area contributed by atoms with Crippen LogP contribution in [0.2, 0.25) is 0 Å². The van der Waals surface area contributed by atoms with Crippen molar-refractivity contribution in [1.29, 1.82) is 0 Å². The number of piperidine rings is 1. The maximum Gasteiger partial charge on any atom is 0.262 e. The number of hydrogen-bond acceptors (Lipinski definition) is 5. The number of nitrogens with one attached hydrogen (secondary N) is 2. The number of methoxy groups -OCH3 is 1. The molecule has 1 saturated heterocycles. The van der Waals surface area contributed by atoms with Crippen molar-refractivity contribution in [2.24, 2.45) is 5.92 Å². The lowest BCUT2D eigenvalue weighted by Crippen LogP contribution is -2.44. The molecule has 0 radical (unpaired) electrons. The number of rotatable bonds is 8. The Kier molecular flexibility index (Phi) is 7.97. The monoisotopic (exact) mass is 473 g/mol. The molecule has 0 bridgehead atoms. The van der Waals surface area contributed by atoms with Crippen LogP contribution in [0.3, 0.4) is 0 Å². The molecule has 1 atom stereocenters. The van der Waals surface area contributed by atoms with Crippen molar-refractivity contribution in [2.45, 2.75) is 44.0 Å². The van der Waals surface area contributed by atoms with Crippen LogP contribution >= 0.6 is 0 Å². The molecule has 2 N–H and O–H groups in total. The zero-order chi connectivity index (χ0) is 24.0. The Morgan fingerprint density at radius 2 is 1.79 bits per heavy atom. The van der Waals surface area contributed by atoms with E-state index in [9.17, 15) is 18.0 Å². The van der Waals surface area contributed by atoms with Crippen LogP contribution in [0.4, 0.5) is 5.69 Å². The van der Waals surface area contributed by atoms with Crippen LogP contribution in [-0.4, -0.2) is 51.4 Å². The normalized spacial score (nSPS) is 15.5. The molecule has 1 aliphatic heterocycles. The van der Waals surface area contributed by atoms with Gasteiger partial charge in [-0.15, -0.1) is 0 Å². The largest absolute Gasteiger partial charge is 0.497 e. The first-order chi connectivity index (χ1) is 15.7. The van der Waals surface area contributed by atoms with E-state index in [1.165, 1.54) is 19.2 Å². The summed E-state index contributed by atoms with van der Waals surface area (Å²) in [6.07, 6.45) is 2.15. The summed E-state index contributed by atoms with van der Waals surface area (Å²) in [4.78, 5) is 27.0. The van der Waals surface area contributed by atoms with Crippen LogP contribution in [0, 0.1) is 5.92 Å². The van der Waals surface area contributed by atoms with E-state index >= 15 is 0 Å². The topological polar surface area (TPSA) is 105 Å². The van der Waals surface area contributed by atoms with Gasteiger partial charge in [0, 0.05) is 42.4 Å². The van der Waals surface area contributed by atoms with Gasteiger partial charge in [0.25, 0.3) is 15.9 Å². The minimum atomic E-state index is -3.79. The van der Waals surface area contributed by atoms with E-state index in [0.717, 1.165) is 6.42 Å². The van der Waals surface area contributed by atoms with Gasteiger partial charge in [0.05, 0.1) is 12.0 Å². The SMILES string of the molecule is CCC(C)NC(=O)C1CCN(C(=O)c2ccc(NS(=O)(=O)c3cccc(OC)c3)cc2)CC1. The highest BCUT2D eigenvalue weighted by molar-refractivity contribution is 7.92. The number of amides is 2. The molecule has 9 heteroatoms. The van der Waals surface area contributed by atoms with Gasteiger partial charge in [0.15, 0.2) is 0 Å². The number of sulfonamides is 1. The summed E-state index contributed by atoms with van der Waals surface area (Å²) in [5, 5.41) is 3.01. The van der Waals surface area contributed by atoms with E-state index in [1.54, 1.807) is 41.3 Å². The zero-order valence-corrected chi connectivity index (χ0v) is 20.0. The van der Waals surface area contributed by atoms with Gasteiger partial charge in [-0.1, -0.05) is 13.0 Å². The fourth-order valence-corrected chi connectivity index (χ4v) is 4.75. The Morgan fingerprint density at radius 1 is 1.12 bits per heavy atom. The third-order valence-electron chi connectivity index (χ3n) is 5.89. The third-order valence-corrected chi connectivity index (χ3v) is 7.27. The fourth-order valence-electron chi connectivity index (χ4n) is 3.65.